The summed E-state index contributed by atoms with van der Waals surface area (Å²) < 4.78 is 57.5. The van der Waals surface area contributed by atoms with E-state index >= 15 is 0 Å². The van der Waals surface area contributed by atoms with Crippen molar-refractivity contribution in [3.8, 4) is 0 Å². The lowest BCUT2D eigenvalue weighted by Crippen LogP contribution is -2.36. The minimum absolute atomic E-state index is 0.447. The Balaban J connectivity index is 1.44. The van der Waals surface area contributed by atoms with Crippen LogP contribution in [-0.4, -0.2) is 29.2 Å². The highest BCUT2D eigenvalue weighted by Gasteiger charge is 2.28. The van der Waals surface area contributed by atoms with E-state index in [1.54, 1.807) is 0 Å². The SMILES string of the molecule is O=S(=O)(NC1CCc2nnc(CCc3ccccc3)n2CC1)c1c(F)cccc1F. The van der Waals surface area contributed by atoms with E-state index in [4.69, 9.17) is 0 Å². The number of hydrogen-bond acceptors (Lipinski definition) is 4. The van der Waals surface area contributed by atoms with Gasteiger partial charge in [-0.2, -0.15) is 0 Å². The van der Waals surface area contributed by atoms with Crippen LogP contribution in [0.1, 0.15) is 30.1 Å². The molecule has 1 N–H and O–H groups in total. The molecule has 0 spiro atoms. The molecule has 0 fully saturated rings. The fourth-order valence-corrected chi connectivity index (χ4v) is 5.21. The molecule has 0 aliphatic carbocycles. The zero-order valence-corrected chi connectivity index (χ0v) is 17.1. The summed E-state index contributed by atoms with van der Waals surface area (Å²) in [6, 6.07) is 12.6. The Labute approximate surface area is 174 Å². The summed E-state index contributed by atoms with van der Waals surface area (Å²) in [5.41, 5.74) is 1.21. The minimum Gasteiger partial charge on any atom is -0.315 e. The third-order valence-corrected chi connectivity index (χ3v) is 6.88. The molecule has 1 aliphatic rings. The second-order valence-corrected chi connectivity index (χ2v) is 9.02. The summed E-state index contributed by atoms with van der Waals surface area (Å²) in [5.74, 6) is -0.540. The monoisotopic (exact) mass is 432 g/mol. The van der Waals surface area contributed by atoms with Gasteiger partial charge < -0.3 is 4.57 Å². The molecule has 1 atom stereocenters. The Morgan fingerprint density at radius 3 is 2.43 bits per heavy atom. The van der Waals surface area contributed by atoms with Crippen LogP contribution in [0.4, 0.5) is 8.78 Å². The van der Waals surface area contributed by atoms with Gasteiger partial charge in [-0.3, -0.25) is 0 Å². The minimum atomic E-state index is -4.31. The largest absolute Gasteiger partial charge is 0.315 e. The molecule has 1 aromatic heterocycles. The van der Waals surface area contributed by atoms with Crippen molar-refractivity contribution in [2.75, 3.05) is 0 Å². The van der Waals surface area contributed by atoms with Crippen molar-refractivity contribution in [2.45, 2.75) is 49.6 Å². The third kappa shape index (κ3) is 4.41. The molecule has 158 valence electrons. The van der Waals surface area contributed by atoms with Crippen LogP contribution in [0.15, 0.2) is 53.4 Å². The maximum atomic E-state index is 13.9. The zero-order valence-electron chi connectivity index (χ0n) is 16.3. The predicted octanol–water partition coefficient (Wildman–Crippen LogP) is 3.02. The predicted molar refractivity (Wildman–Crippen MR) is 107 cm³/mol. The van der Waals surface area contributed by atoms with Crippen LogP contribution in [-0.2, 0) is 35.8 Å². The Morgan fingerprint density at radius 2 is 1.70 bits per heavy atom. The first-order valence-corrected chi connectivity index (χ1v) is 11.3. The Kier molecular flexibility index (Phi) is 5.92. The van der Waals surface area contributed by atoms with E-state index in [1.165, 1.54) is 5.56 Å². The molecule has 0 saturated carbocycles. The zero-order chi connectivity index (χ0) is 21.1. The molecule has 4 rings (SSSR count). The highest BCUT2D eigenvalue weighted by atomic mass is 32.2. The fourth-order valence-electron chi connectivity index (χ4n) is 3.77. The molecule has 0 amide bonds. The molecule has 2 heterocycles. The topological polar surface area (TPSA) is 76.9 Å². The van der Waals surface area contributed by atoms with Crippen LogP contribution < -0.4 is 4.72 Å². The van der Waals surface area contributed by atoms with Crippen molar-refractivity contribution in [1.82, 2.24) is 19.5 Å². The second kappa shape index (κ2) is 8.61. The van der Waals surface area contributed by atoms with Gasteiger partial charge in [0, 0.05) is 25.4 Å². The van der Waals surface area contributed by atoms with E-state index < -0.39 is 32.6 Å². The van der Waals surface area contributed by atoms with Gasteiger partial charge in [-0.25, -0.2) is 21.9 Å². The maximum absolute atomic E-state index is 13.9. The van der Waals surface area contributed by atoms with Crippen molar-refractivity contribution in [1.29, 1.82) is 0 Å². The first-order valence-electron chi connectivity index (χ1n) is 9.85. The standard InChI is InChI=1S/C21H22F2N4O2S/c22-17-7-4-8-18(23)21(17)30(28,29)26-16-10-12-20-25-24-19(27(20)14-13-16)11-9-15-5-2-1-3-6-15/h1-8,16,26H,9-14H2. The normalized spacial score (nSPS) is 16.8. The number of hydrogen-bond donors (Lipinski definition) is 1. The molecule has 0 saturated heterocycles. The van der Waals surface area contributed by atoms with E-state index in [9.17, 15) is 17.2 Å². The molecule has 1 unspecified atom stereocenters. The number of sulfonamides is 1. The summed E-state index contributed by atoms with van der Waals surface area (Å²) in [6.45, 7) is 0.541. The number of nitrogens with one attached hydrogen (secondary N) is 1. The Hall–Kier alpha value is -2.65. The molecule has 3 aromatic rings. The van der Waals surface area contributed by atoms with Crippen molar-refractivity contribution in [3.63, 3.8) is 0 Å². The van der Waals surface area contributed by atoms with E-state index in [0.29, 0.717) is 25.8 Å². The molecular formula is C21H22F2N4O2S. The van der Waals surface area contributed by atoms with Gasteiger partial charge in [0.05, 0.1) is 0 Å². The van der Waals surface area contributed by atoms with Gasteiger partial charge >= 0.3 is 0 Å². The van der Waals surface area contributed by atoms with Gasteiger partial charge in [0.25, 0.3) is 0 Å². The highest BCUT2D eigenvalue weighted by molar-refractivity contribution is 7.89. The molecule has 2 aromatic carbocycles. The van der Waals surface area contributed by atoms with Crippen LogP contribution >= 0.6 is 0 Å². The average Bonchev–Trinajstić information content (AvgIpc) is 3.00. The van der Waals surface area contributed by atoms with Crippen molar-refractivity contribution >= 4 is 10.0 Å². The lowest BCUT2D eigenvalue weighted by molar-refractivity contribution is 0.478. The van der Waals surface area contributed by atoms with Gasteiger partial charge in [0.2, 0.25) is 10.0 Å². The molecule has 0 radical (unpaired) electrons. The molecule has 9 heteroatoms. The fraction of sp³-hybridized carbons (Fsp3) is 0.333. The number of rotatable bonds is 6. The third-order valence-electron chi connectivity index (χ3n) is 5.31. The number of nitrogens with zero attached hydrogens (tertiary/aromatic N) is 3. The van der Waals surface area contributed by atoms with Gasteiger partial charge in [-0.1, -0.05) is 36.4 Å². The lowest BCUT2D eigenvalue weighted by Gasteiger charge is -2.17. The number of aryl methyl sites for hydroxylation is 3. The Bertz CT molecular complexity index is 1110. The van der Waals surface area contributed by atoms with Crippen LogP contribution in [0.3, 0.4) is 0 Å². The van der Waals surface area contributed by atoms with Gasteiger partial charge in [-0.05, 0) is 37.0 Å². The highest BCUT2D eigenvalue weighted by Crippen LogP contribution is 2.22. The van der Waals surface area contributed by atoms with E-state index in [1.807, 2.05) is 22.8 Å². The van der Waals surface area contributed by atoms with Gasteiger partial charge in [0.1, 0.15) is 23.3 Å². The number of halogens is 2. The number of fused-ring (bicyclic) bond motifs is 1. The molecule has 0 bridgehead atoms. The second-order valence-electron chi connectivity index (χ2n) is 7.37. The summed E-state index contributed by atoms with van der Waals surface area (Å²) in [5, 5.41) is 8.56. The molecular weight excluding hydrogens is 410 g/mol. The van der Waals surface area contributed by atoms with Crippen molar-refractivity contribution < 1.29 is 17.2 Å². The maximum Gasteiger partial charge on any atom is 0.246 e. The van der Waals surface area contributed by atoms with E-state index in [0.717, 1.165) is 42.7 Å². The summed E-state index contributed by atoms with van der Waals surface area (Å²) >= 11 is 0. The van der Waals surface area contributed by atoms with Gasteiger partial charge in [0.15, 0.2) is 4.90 Å². The van der Waals surface area contributed by atoms with Crippen LogP contribution in [0.25, 0.3) is 0 Å². The number of benzene rings is 2. The summed E-state index contributed by atoms with van der Waals surface area (Å²) in [7, 11) is -4.31. The van der Waals surface area contributed by atoms with Crippen LogP contribution in [0, 0.1) is 11.6 Å². The van der Waals surface area contributed by atoms with Gasteiger partial charge in [-0.15, -0.1) is 10.2 Å². The van der Waals surface area contributed by atoms with Crippen molar-refractivity contribution in [3.05, 3.63) is 77.4 Å². The van der Waals surface area contributed by atoms with E-state index in [-0.39, 0.29) is 0 Å². The smallest absolute Gasteiger partial charge is 0.246 e. The van der Waals surface area contributed by atoms with Crippen molar-refractivity contribution in [2.24, 2.45) is 0 Å². The quantitative estimate of drug-likeness (QED) is 0.650. The molecule has 1 aliphatic heterocycles. The Morgan fingerprint density at radius 1 is 0.967 bits per heavy atom. The summed E-state index contributed by atoms with van der Waals surface area (Å²) in [6.07, 6.45) is 3.06. The molecule has 30 heavy (non-hydrogen) atoms. The summed E-state index contributed by atoms with van der Waals surface area (Å²) in [4.78, 5) is -0.933. The average molecular weight is 432 g/mol. The first kappa shape index (κ1) is 20.6. The first-order chi connectivity index (χ1) is 14.4. The van der Waals surface area contributed by atoms with Crippen LogP contribution in [0.5, 0.6) is 0 Å². The number of aromatic nitrogens is 3. The lowest BCUT2D eigenvalue weighted by atomic mass is 10.1. The molecule has 6 nitrogen and oxygen atoms in total. The van der Waals surface area contributed by atoms with E-state index in [2.05, 4.69) is 27.1 Å². The van der Waals surface area contributed by atoms with Crippen LogP contribution in [0.2, 0.25) is 0 Å².